The standard InChI is InChI=1S/C46H42N4Si/c1-45(2,3)31-18-22-42-38(27-31)39-28-32(46(4,5)6)19-23-43(39)51(42,44-17-9-10-24-47-44)35-20-21-37-36-15-7-8-16-40(36)50(41(37)30-35)34-14-11-13-33(29-34)49-26-12-25-48-49/h7-30H,1-6H3. The van der Waals surface area contributed by atoms with Gasteiger partial charge in [-0.25, -0.2) is 4.68 Å². The highest BCUT2D eigenvalue weighted by atomic mass is 28.3. The number of para-hydroxylation sites is 1. The van der Waals surface area contributed by atoms with Gasteiger partial charge in [-0.3, -0.25) is 4.98 Å². The molecule has 0 spiro atoms. The zero-order valence-corrected chi connectivity index (χ0v) is 31.1. The minimum absolute atomic E-state index is 0.0270. The molecule has 4 heterocycles. The minimum Gasteiger partial charge on any atom is -0.309 e. The number of hydrogen-bond donors (Lipinski definition) is 0. The third kappa shape index (κ3) is 4.79. The van der Waals surface area contributed by atoms with Gasteiger partial charge in [0.05, 0.1) is 16.7 Å². The van der Waals surface area contributed by atoms with Crippen molar-refractivity contribution in [3.63, 3.8) is 0 Å². The van der Waals surface area contributed by atoms with E-state index in [1.807, 2.05) is 35.4 Å². The van der Waals surface area contributed by atoms with E-state index < -0.39 is 8.07 Å². The fraction of sp³-hybridized carbons (Fsp3) is 0.174. The van der Waals surface area contributed by atoms with Gasteiger partial charge >= 0.3 is 0 Å². The summed E-state index contributed by atoms with van der Waals surface area (Å²) in [4.78, 5) is 5.24. The van der Waals surface area contributed by atoms with Crippen LogP contribution in [0.2, 0.25) is 0 Å². The largest absolute Gasteiger partial charge is 0.309 e. The van der Waals surface area contributed by atoms with Crippen LogP contribution >= 0.6 is 0 Å². The number of pyridine rings is 1. The molecule has 0 atom stereocenters. The summed E-state index contributed by atoms with van der Waals surface area (Å²) in [5.41, 5.74) is 9.99. The number of hydrogen-bond acceptors (Lipinski definition) is 2. The summed E-state index contributed by atoms with van der Waals surface area (Å²) in [6.45, 7) is 13.9. The van der Waals surface area contributed by atoms with Crippen molar-refractivity contribution < 1.29 is 0 Å². The summed E-state index contributed by atoms with van der Waals surface area (Å²) in [5.74, 6) is 0. The first-order chi connectivity index (χ1) is 24.5. The summed E-state index contributed by atoms with van der Waals surface area (Å²) < 4.78 is 4.36. The molecular formula is C46H42N4Si. The Kier molecular flexibility index (Phi) is 6.93. The van der Waals surface area contributed by atoms with Gasteiger partial charge in [-0.2, -0.15) is 5.10 Å². The minimum atomic E-state index is -2.87. The molecule has 0 fully saturated rings. The molecule has 0 bridgehead atoms. The number of rotatable bonds is 4. The molecular weight excluding hydrogens is 637 g/mol. The normalized spacial score (nSPS) is 13.8. The second-order valence-electron chi connectivity index (χ2n) is 16.0. The smallest absolute Gasteiger partial charge is 0.203 e. The van der Waals surface area contributed by atoms with E-state index in [0.29, 0.717) is 0 Å². The Balaban J connectivity index is 1.39. The van der Waals surface area contributed by atoms with Crippen LogP contribution in [0.5, 0.6) is 0 Å². The van der Waals surface area contributed by atoms with Crippen LogP contribution in [0, 0.1) is 0 Å². The van der Waals surface area contributed by atoms with Crippen LogP contribution in [-0.4, -0.2) is 27.4 Å². The molecule has 51 heavy (non-hydrogen) atoms. The highest BCUT2D eigenvalue weighted by Crippen LogP contribution is 2.37. The van der Waals surface area contributed by atoms with E-state index in [-0.39, 0.29) is 10.8 Å². The predicted octanol–water partition coefficient (Wildman–Crippen LogP) is 8.32. The highest BCUT2D eigenvalue weighted by molar-refractivity contribution is 7.21. The van der Waals surface area contributed by atoms with Gasteiger partial charge in [0.25, 0.3) is 0 Å². The zero-order chi connectivity index (χ0) is 35.1. The van der Waals surface area contributed by atoms with Crippen molar-refractivity contribution in [1.29, 1.82) is 0 Å². The van der Waals surface area contributed by atoms with Crippen LogP contribution in [-0.2, 0) is 10.8 Å². The molecule has 8 aromatic rings. The number of fused-ring (bicyclic) bond motifs is 6. The SMILES string of the molecule is CC(C)(C)c1ccc2c(c1)-c1cc(C(C)(C)C)ccc1[Si]2(c1ccc2c3ccccc3n(-c3cccc(-n4cccn4)c3)c2c1)c1ccccn1. The first-order valence-corrected chi connectivity index (χ1v) is 19.9. The quantitative estimate of drug-likeness (QED) is 0.176. The van der Waals surface area contributed by atoms with Crippen molar-refractivity contribution in [2.75, 3.05) is 0 Å². The molecule has 0 radical (unpaired) electrons. The molecule has 0 aliphatic carbocycles. The van der Waals surface area contributed by atoms with Crippen LogP contribution in [0.25, 0.3) is 44.3 Å². The molecule has 0 N–H and O–H groups in total. The van der Waals surface area contributed by atoms with Gasteiger partial charge in [-0.15, -0.1) is 0 Å². The first kappa shape index (κ1) is 31.5. The van der Waals surface area contributed by atoms with Crippen molar-refractivity contribution in [2.45, 2.75) is 52.4 Å². The van der Waals surface area contributed by atoms with Crippen molar-refractivity contribution in [3.05, 3.63) is 157 Å². The third-order valence-corrected chi connectivity index (χ3v) is 15.6. The molecule has 5 heteroatoms. The van der Waals surface area contributed by atoms with Crippen molar-refractivity contribution >= 4 is 50.8 Å². The van der Waals surface area contributed by atoms with Gasteiger partial charge in [0.2, 0.25) is 8.07 Å². The lowest BCUT2D eigenvalue weighted by atomic mass is 9.83. The van der Waals surface area contributed by atoms with Crippen LogP contribution in [0.4, 0.5) is 0 Å². The summed E-state index contributed by atoms with van der Waals surface area (Å²) in [5, 5.41) is 12.4. The van der Waals surface area contributed by atoms with E-state index in [2.05, 4.69) is 166 Å². The van der Waals surface area contributed by atoms with E-state index in [0.717, 1.165) is 11.4 Å². The topological polar surface area (TPSA) is 35.6 Å². The predicted molar refractivity (Wildman–Crippen MR) is 216 cm³/mol. The Bertz CT molecular complexity index is 2540. The molecule has 1 aliphatic heterocycles. The molecule has 5 aromatic carbocycles. The molecule has 9 rings (SSSR count). The Morgan fingerprint density at radius 1 is 0.529 bits per heavy atom. The lowest BCUT2D eigenvalue weighted by Crippen LogP contribution is -2.73. The number of aromatic nitrogens is 4. The molecule has 4 nitrogen and oxygen atoms in total. The monoisotopic (exact) mass is 678 g/mol. The molecule has 1 aliphatic rings. The maximum Gasteiger partial charge on any atom is 0.203 e. The van der Waals surface area contributed by atoms with Gasteiger partial charge in [0, 0.05) is 40.4 Å². The van der Waals surface area contributed by atoms with Crippen LogP contribution < -0.4 is 20.9 Å². The van der Waals surface area contributed by atoms with Gasteiger partial charge < -0.3 is 4.57 Å². The van der Waals surface area contributed by atoms with E-state index in [4.69, 9.17) is 4.98 Å². The Hall–Kier alpha value is -5.52. The Morgan fingerprint density at radius 2 is 1.20 bits per heavy atom. The Morgan fingerprint density at radius 3 is 1.84 bits per heavy atom. The second kappa shape index (κ2) is 11.2. The molecule has 0 amide bonds. The molecule has 0 unspecified atom stereocenters. The van der Waals surface area contributed by atoms with E-state index >= 15 is 0 Å². The van der Waals surface area contributed by atoms with Crippen LogP contribution in [0.15, 0.2) is 146 Å². The van der Waals surface area contributed by atoms with E-state index in [9.17, 15) is 0 Å². The molecule has 3 aromatic heterocycles. The number of benzene rings is 5. The maximum atomic E-state index is 5.24. The summed E-state index contributed by atoms with van der Waals surface area (Å²) in [6.07, 6.45) is 5.80. The fourth-order valence-corrected chi connectivity index (χ4v) is 13.2. The van der Waals surface area contributed by atoms with Crippen LogP contribution in [0.1, 0.15) is 52.7 Å². The summed E-state index contributed by atoms with van der Waals surface area (Å²) in [7, 11) is -2.87. The Labute approximate surface area is 301 Å². The van der Waals surface area contributed by atoms with Gasteiger partial charge in [-0.05, 0) is 97.2 Å². The lowest BCUT2D eigenvalue weighted by Gasteiger charge is -2.31. The maximum absolute atomic E-state index is 5.24. The average Bonchev–Trinajstić information content (AvgIpc) is 3.85. The fourth-order valence-electron chi connectivity index (χ4n) is 8.26. The number of nitrogens with zero attached hydrogens (tertiary/aromatic N) is 4. The van der Waals surface area contributed by atoms with E-state index in [1.54, 1.807) is 0 Å². The first-order valence-electron chi connectivity index (χ1n) is 17.9. The summed E-state index contributed by atoms with van der Waals surface area (Å²) >= 11 is 0. The lowest BCUT2D eigenvalue weighted by molar-refractivity contribution is 0.589. The van der Waals surface area contributed by atoms with Crippen molar-refractivity contribution in [2.24, 2.45) is 0 Å². The highest BCUT2D eigenvalue weighted by Gasteiger charge is 2.50. The molecule has 250 valence electrons. The van der Waals surface area contributed by atoms with Crippen molar-refractivity contribution in [1.82, 2.24) is 19.3 Å². The third-order valence-electron chi connectivity index (χ3n) is 10.9. The molecule has 0 saturated carbocycles. The van der Waals surface area contributed by atoms with Gasteiger partial charge in [0.1, 0.15) is 0 Å². The molecule has 0 saturated heterocycles. The van der Waals surface area contributed by atoms with Gasteiger partial charge in [0.15, 0.2) is 0 Å². The van der Waals surface area contributed by atoms with Gasteiger partial charge in [-0.1, -0.05) is 120 Å². The second-order valence-corrected chi connectivity index (χ2v) is 19.7. The average molecular weight is 679 g/mol. The van der Waals surface area contributed by atoms with E-state index in [1.165, 1.54) is 64.9 Å². The van der Waals surface area contributed by atoms with Crippen molar-refractivity contribution in [3.8, 4) is 22.5 Å². The van der Waals surface area contributed by atoms with Crippen LogP contribution in [0.3, 0.4) is 0 Å². The zero-order valence-electron chi connectivity index (χ0n) is 30.1. The summed E-state index contributed by atoms with van der Waals surface area (Å²) in [6, 6.07) is 47.8.